The summed E-state index contributed by atoms with van der Waals surface area (Å²) in [6.07, 6.45) is 1.91. The molecule has 1 aromatic heterocycles. The van der Waals surface area contributed by atoms with Crippen LogP contribution in [-0.4, -0.2) is 24.1 Å². The van der Waals surface area contributed by atoms with Crippen molar-refractivity contribution in [2.45, 2.75) is 47.2 Å². The molecular weight excluding hydrogens is 222 g/mol. The molecule has 0 aliphatic rings. The summed E-state index contributed by atoms with van der Waals surface area (Å²) < 4.78 is 0. The first kappa shape index (κ1) is 15.0. The van der Waals surface area contributed by atoms with E-state index >= 15 is 0 Å². The van der Waals surface area contributed by atoms with Crippen molar-refractivity contribution in [2.75, 3.05) is 18.0 Å². The summed E-state index contributed by atoms with van der Waals surface area (Å²) in [4.78, 5) is 6.90. The Morgan fingerprint density at radius 3 is 2.56 bits per heavy atom. The third kappa shape index (κ3) is 4.65. The average Bonchev–Trinajstić information content (AvgIpc) is 2.33. The SMILES string of the molecule is CCNCc1ccnc(N(CC(C)C)C(C)C)c1. The molecule has 1 N–H and O–H groups in total. The second-order valence-corrected chi connectivity index (χ2v) is 5.44. The molecule has 3 nitrogen and oxygen atoms in total. The van der Waals surface area contributed by atoms with Gasteiger partial charge in [-0.3, -0.25) is 0 Å². The molecule has 1 heterocycles. The first-order valence-corrected chi connectivity index (χ1v) is 6.96. The van der Waals surface area contributed by atoms with Gasteiger partial charge in [-0.05, 0) is 44.0 Å². The van der Waals surface area contributed by atoms with Gasteiger partial charge >= 0.3 is 0 Å². The fourth-order valence-electron chi connectivity index (χ4n) is 1.96. The van der Waals surface area contributed by atoms with E-state index in [2.05, 4.69) is 62.0 Å². The average molecular weight is 249 g/mol. The van der Waals surface area contributed by atoms with E-state index in [1.807, 2.05) is 6.20 Å². The minimum atomic E-state index is 0.481. The smallest absolute Gasteiger partial charge is 0.129 e. The topological polar surface area (TPSA) is 28.2 Å². The Morgan fingerprint density at radius 1 is 1.28 bits per heavy atom. The van der Waals surface area contributed by atoms with Crippen LogP contribution in [0.1, 0.15) is 40.2 Å². The van der Waals surface area contributed by atoms with Gasteiger partial charge in [-0.15, -0.1) is 0 Å². The molecule has 1 rings (SSSR count). The van der Waals surface area contributed by atoms with Gasteiger partial charge in [0.05, 0.1) is 0 Å². The van der Waals surface area contributed by atoms with Crippen LogP contribution in [0.15, 0.2) is 18.3 Å². The minimum absolute atomic E-state index is 0.481. The second-order valence-electron chi connectivity index (χ2n) is 5.44. The lowest BCUT2D eigenvalue weighted by Gasteiger charge is -2.29. The molecule has 0 atom stereocenters. The van der Waals surface area contributed by atoms with Crippen molar-refractivity contribution in [2.24, 2.45) is 5.92 Å². The lowest BCUT2D eigenvalue weighted by Crippen LogP contribution is -2.34. The summed E-state index contributed by atoms with van der Waals surface area (Å²) in [5, 5.41) is 3.35. The number of aromatic nitrogens is 1. The van der Waals surface area contributed by atoms with Gasteiger partial charge in [0.2, 0.25) is 0 Å². The molecule has 0 radical (unpaired) electrons. The lowest BCUT2D eigenvalue weighted by atomic mass is 10.1. The molecule has 0 aliphatic carbocycles. The van der Waals surface area contributed by atoms with Crippen LogP contribution in [0, 0.1) is 5.92 Å². The molecule has 0 saturated carbocycles. The molecule has 0 aliphatic heterocycles. The zero-order valence-electron chi connectivity index (χ0n) is 12.4. The standard InChI is InChI=1S/C15H27N3/c1-6-16-10-14-7-8-17-15(9-14)18(13(4)5)11-12(2)3/h7-9,12-13,16H,6,10-11H2,1-5H3. The molecule has 18 heavy (non-hydrogen) atoms. The Bertz CT molecular complexity index is 347. The van der Waals surface area contributed by atoms with Crippen molar-refractivity contribution in [3.63, 3.8) is 0 Å². The van der Waals surface area contributed by atoms with Gasteiger partial charge in [-0.2, -0.15) is 0 Å². The highest BCUT2D eigenvalue weighted by Crippen LogP contribution is 2.17. The molecule has 3 heteroatoms. The fourth-order valence-corrected chi connectivity index (χ4v) is 1.96. The van der Waals surface area contributed by atoms with Crippen molar-refractivity contribution in [1.82, 2.24) is 10.3 Å². The Kier molecular flexibility index (Phi) is 6.13. The van der Waals surface area contributed by atoms with E-state index in [1.54, 1.807) is 0 Å². The maximum Gasteiger partial charge on any atom is 0.129 e. The molecule has 0 aromatic carbocycles. The van der Waals surface area contributed by atoms with Crippen LogP contribution >= 0.6 is 0 Å². The number of nitrogens with zero attached hydrogens (tertiary/aromatic N) is 2. The summed E-state index contributed by atoms with van der Waals surface area (Å²) in [5.41, 5.74) is 1.30. The monoisotopic (exact) mass is 249 g/mol. The van der Waals surface area contributed by atoms with Crippen LogP contribution in [-0.2, 0) is 6.54 Å². The van der Waals surface area contributed by atoms with Crippen LogP contribution in [0.5, 0.6) is 0 Å². The van der Waals surface area contributed by atoms with Crippen molar-refractivity contribution in [3.05, 3.63) is 23.9 Å². The van der Waals surface area contributed by atoms with Crippen molar-refractivity contribution in [3.8, 4) is 0 Å². The normalized spacial score (nSPS) is 11.3. The molecule has 0 amide bonds. The summed E-state index contributed by atoms with van der Waals surface area (Å²) in [7, 11) is 0. The first-order chi connectivity index (χ1) is 8.54. The Labute approximate surface area is 112 Å². The number of pyridine rings is 1. The zero-order valence-corrected chi connectivity index (χ0v) is 12.4. The third-order valence-corrected chi connectivity index (χ3v) is 2.87. The van der Waals surface area contributed by atoms with Gasteiger partial charge in [0.1, 0.15) is 5.82 Å². The minimum Gasteiger partial charge on any atom is -0.354 e. The van der Waals surface area contributed by atoms with E-state index in [1.165, 1.54) is 5.56 Å². The molecular formula is C15H27N3. The molecule has 0 bridgehead atoms. The van der Waals surface area contributed by atoms with Gasteiger partial charge in [-0.25, -0.2) is 4.98 Å². The van der Waals surface area contributed by atoms with Crippen molar-refractivity contribution < 1.29 is 0 Å². The highest BCUT2D eigenvalue weighted by Gasteiger charge is 2.13. The fraction of sp³-hybridized carbons (Fsp3) is 0.667. The quantitative estimate of drug-likeness (QED) is 0.805. The summed E-state index contributed by atoms with van der Waals surface area (Å²) >= 11 is 0. The second kappa shape index (κ2) is 7.37. The van der Waals surface area contributed by atoms with E-state index < -0.39 is 0 Å². The van der Waals surface area contributed by atoms with Crippen molar-refractivity contribution in [1.29, 1.82) is 0 Å². The van der Waals surface area contributed by atoms with E-state index in [9.17, 15) is 0 Å². The number of nitrogens with one attached hydrogen (secondary N) is 1. The molecule has 0 fully saturated rings. The van der Waals surface area contributed by atoms with Crippen LogP contribution in [0.4, 0.5) is 5.82 Å². The molecule has 0 spiro atoms. The zero-order chi connectivity index (χ0) is 13.5. The van der Waals surface area contributed by atoms with Gasteiger partial charge in [-0.1, -0.05) is 20.8 Å². The van der Waals surface area contributed by atoms with Crippen LogP contribution in [0.25, 0.3) is 0 Å². The molecule has 0 unspecified atom stereocenters. The van der Waals surface area contributed by atoms with Crippen LogP contribution < -0.4 is 10.2 Å². The van der Waals surface area contributed by atoms with Crippen molar-refractivity contribution >= 4 is 5.82 Å². The lowest BCUT2D eigenvalue weighted by molar-refractivity contribution is 0.565. The van der Waals surface area contributed by atoms with E-state index in [-0.39, 0.29) is 0 Å². The predicted octanol–water partition coefficient (Wildman–Crippen LogP) is 3.06. The number of rotatable bonds is 7. The van der Waals surface area contributed by atoms with Gasteiger partial charge < -0.3 is 10.2 Å². The van der Waals surface area contributed by atoms with E-state index in [4.69, 9.17) is 0 Å². The molecule has 1 aromatic rings. The Hall–Kier alpha value is -1.09. The Morgan fingerprint density at radius 2 is 2.00 bits per heavy atom. The number of hydrogen-bond donors (Lipinski definition) is 1. The maximum atomic E-state index is 4.52. The first-order valence-electron chi connectivity index (χ1n) is 6.96. The van der Waals surface area contributed by atoms with E-state index in [0.29, 0.717) is 12.0 Å². The number of hydrogen-bond acceptors (Lipinski definition) is 3. The summed E-state index contributed by atoms with van der Waals surface area (Å²) in [6.45, 7) is 14.0. The highest BCUT2D eigenvalue weighted by atomic mass is 15.2. The van der Waals surface area contributed by atoms with Gasteiger partial charge in [0.15, 0.2) is 0 Å². The number of anilines is 1. The van der Waals surface area contributed by atoms with Crippen LogP contribution in [0.2, 0.25) is 0 Å². The summed E-state index contributed by atoms with van der Waals surface area (Å²) in [5.74, 6) is 1.74. The summed E-state index contributed by atoms with van der Waals surface area (Å²) in [6, 6.07) is 4.76. The maximum absolute atomic E-state index is 4.52. The Balaban J connectivity index is 2.83. The van der Waals surface area contributed by atoms with Gasteiger partial charge in [0.25, 0.3) is 0 Å². The molecule has 102 valence electrons. The third-order valence-electron chi connectivity index (χ3n) is 2.87. The van der Waals surface area contributed by atoms with Crippen LogP contribution in [0.3, 0.4) is 0 Å². The molecule has 0 saturated heterocycles. The largest absolute Gasteiger partial charge is 0.354 e. The highest BCUT2D eigenvalue weighted by molar-refractivity contribution is 5.42. The van der Waals surface area contributed by atoms with E-state index in [0.717, 1.165) is 25.5 Å². The van der Waals surface area contributed by atoms with Gasteiger partial charge in [0, 0.05) is 25.3 Å². The predicted molar refractivity (Wildman–Crippen MR) is 78.9 cm³/mol.